The van der Waals surface area contributed by atoms with Gasteiger partial charge in [-0.15, -0.1) is 33.3 Å². The Kier molecular flexibility index (Phi) is 8.34. The number of aryl methyl sites for hydroxylation is 2. The first-order chi connectivity index (χ1) is 17.6. The van der Waals surface area contributed by atoms with Crippen molar-refractivity contribution in [2.24, 2.45) is 0 Å². The van der Waals surface area contributed by atoms with E-state index in [1.165, 1.54) is 48.9 Å². The molecule has 0 aliphatic carbocycles. The summed E-state index contributed by atoms with van der Waals surface area (Å²) in [4.78, 5) is 14.5. The maximum atomic E-state index is 12.1. The van der Waals surface area contributed by atoms with E-state index < -0.39 is 6.09 Å². The number of aromatic nitrogens is 4. The van der Waals surface area contributed by atoms with Crippen molar-refractivity contribution < 1.29 is 9.53 Å². The lowest BCUT2D eigenvalue weighted by Crippen LogP contribution is -2.26. The lowest BCUT2D eigenvalue weighted by atomic mass is 9.85. The Morgan fingerprint density at radius 2 is 1.81 bits per heavy atom. The topological polar surface area (TPSA) is 92.8 Å². The summed E-state index contributed by atoms with van der Waals surface area (Å²) in [5.74, 6) is 0.393. The molecule has 4 rings (SSSR count). The minimum absolute atomic E-state index is 0.143. The normalized spacial score (nSPS) is 12.4. The Balaban J connectivity index is 1.43. The summed E-state index contributed by atoms with van der Waals surface area (Å²) in [5.41, 5.74) is 6.59. The zero-order valence-corrected chi connectivity index (χ0v) is 23.7. The lowest BCUT2D eigenvalue weighted by molar-refractivity contribution is 0.201. The van der Waals surface area contributed by atoms with Gasteiger partial charge >= 0.3 is 6.09 Å². The van der Waals surface area contributed by atoms with E-state index in [0.717, 1.165) is 6.42 Å². The van der Waals surface area contributed by atoms with Crippen LogP contribution in [0.5, 0.6) is 5.06 Å². The van der Waals surface area contributed by atoms with Crippen molar-refractivity contribution in [1.29, 1.82) is 0 Å². The summed E-state index contributed by atoms with van der Waals surface area (Å²) in [7, 11) is 0. The van der Waals surface area contributed by atoms with Crippen molar-refractivity contribution >= 4 is 29.2 Å². The van der Waals surface area contributed by atoms with Crippen LogP contribution in [0.3, 0.4) is 0 Å². The van der Waals surface area contributed by atoms with Gasteiger partial charge in [0.2, 0.25) is 0 Å². The highest BCUT2D eigenvalue weighted by molar-refractivity contribution is 7.99. The number of amides is 1. The van der Waals surface area contributed by atoms with E-state index in [9.17, 15) is 4.79 Å². The second-order valence-electron chi connectivity index (χ2n) is 10.0. The molecule has 1 unspecified atom stereocenters. The van der Waals surface area contributed by atoms with Gasteiger partial charge in [-0.25, -0.2) is 4.79 Å². The zero-order chi connectivity index (χ0) is 26.6. The molecular weight excluding hydrogens is 502 g/mol. The van der Waals surface area contributed by atoms with Crippen LogP contribution in [0.15, 0.2) is 53.4 Å². The summed E-state index contributed by atoms with van der Waals surface area (Å²) < 4.78 is 5.44. The first-order valence-electron chi connectivity index (χ1n) is 12.3. The van der Waals surface area contributed by atoms with Crippen molar-refractivity contribution in [3.05, 3.63) is 75.9 Å². The zero-order valence-electron chi connectivity index (χ0n) is 22.1. The van der Waals surface area contributed by atoms with Crippen LogP contribution in [0.4, 0.5) is 4.79 Å². The van der Waals surface area contributed by atoms with Crippen molar-refractivity contribution in [3.63, 3.8) is 0 Å². The third-order valence-corrected chi connectivity index (χ3v) is 8.69. The van der Waals surface area contributed by atoms with Gasteiger partial charge in [-0.2, -0.15) is 5.21 Å². The maximum absolute atomic E-state index is 12.1. The summed E-state index contributed by atoms with van der Waals surface area (Å²) in [6, 6.07) is 17.4. The summed E-state index contributed by atoms with van der Waals surface area (Å²) in [6.07, 6.45) is 0.416. The molecule has 0 aliphatic heterocycles. The number of hydrogen-bond donors (Lipinski definition) is 2. The van der Waals surface area contributed by atoms with Crippen molar-refractivity contribution in [1.82, 2.24) is 25.9 Å². The number of carbonyl (C=O) groups is 1. The fourth-order valence-corrected chi connectivity index (χ4v) is 6.58. The minimum atomic E-state index is -0.545. The number of thioether (sulfide) groups is 1. The Morgan fingerprint density at radius 3 is 2.41 bits per heavy atom. The van der Waals surface area contributed by atoms with E-state index in [0.29, 0.717) is 10.9 Å². The largest absolute Gasteiger partial charge is 0.413 e. The lowest BCUT2D eigenvalue weighted by Gasteiger charge is -2.20. The fourth-order valence-electron chi connectivity index (χ4n) is 4.19. The number of benzene rings is 2. The molecule has 0 saturated heterocycles. The van der Waals surface area contributed by atoms with Gasteiger partial charge in [0, 0.05) is 15.0 Å². The Hall–Kier alpha value is -3.17. The predicted octanol–water partition coefficient (Wildman–Crippen LogP) is 7.37. The molecule has 7 nitrogen and oxygen atoms in total. The molecular formula is C28H33N5O2S2. The van der Waals surface area contributed by atoms with Crippen molar-refractivity contribution in [2.45, 2.75) is 70.1 Å². The van der Waals surface area contributed by atoms with E-state index in [1.54, 1.807) is 0 Å². The van der Waals surface area contributed by atoms with Gasteiger partial charge in [0.25, 0.3) is 0 Å². The van der Waals surface area contributed by atoms with Crippen LogP contribution < -0.4 is 10.1 Å². The molecule has 194 valence electrons. The molecule has 0 radical (unpaired) electrons. The molecule has 2 N–H and O–H groups in total. The van der Waals surface area contributed by atoms with Crippen LogP contribution in [0.25, 0.3) is 11.1 Å². The van der Waals surface area contributed by atoms with Crippen LogP contribution in [-0.2, 0) is 12.0 Å². The third kappa shape index (κ3) is 6.78. The summed E-state index contributed by atoms with van der Waals surface area (Å²) in [5, 5.41) is 16.9. The average Bonchev–Trinajstić information content (AvgIpc) is 3.53. The number of rotatable bonds is 8. The van der Waals surface area contributed by atoms with Gasteiger partial charge in [-0.3, -0.25) is 0 Å². The van der Waals surface area contributed by atoms with E-state index in [1.807, 2.05) is 23.9 Å². The number of hydrogen-bond acceptors (Lipinski definition) is 7. The molecule has 2 aromatic carbocycles. The van der Waals surface area contributed by atoms with Crippen LogP contribution in [-0.4, -0.2) is 26.7 Å². The second-order valence-corrected chi connectivity index (χ2v) is 12.4. The number of nitrogens with zero attached hydrogens (tertiary/aromatic N) is 3. The van der Waals surface area contributed by atoms with Gasteiger partial charge < -0.3 is 10.1 Å². The van der Waals surface area contributed by atoms with Crippen molar-refractivity contribution in [2.75, 3.05) is 0 Å². The highest BCUT2D eigenvalue weighted by Crippen LogP contribution is 2.44. The van der Waals surface area contributed by atoms with Gasteiger partial charge in [0.1, 0.15) is 0 Å². The smallest absolute Gasteiger partial charge is 0.399 e. The van der Waals surface area contributed by atoms with Gasteiger partial charge in [0.05, 0.1) is 6.54 Å². The van der Waals surface area contributed by atoms with E-state index in [2.05, 4.69) is 104 Å². The summed E-state index contributed by atoms with van der Waals surface area (Å²) in [6.45, 7) is 13.4. The number of thiophene rings is 1. The number of nitrogens with one attached hydrogen (secondary N) is 2. The number of tetrazole rings is 1. The molecule has 0 saturated carbocycles. The monoisotopic (exact) mass is 535 g/mol. The first kappa shape index (κ1) is 26.9. The highest BCUT2D eigenvalue weighted by atomic mass is 32.2. The van der Waals surface area contributed by atoms with Crippen LogP contribution in [0.2, 0.25) is 0 Å². The quantitative estimate of drug-likeness (QED) is 0.229. The Morgan fingerprint density at radius 1 is 1.11 bits per heavy atom. The predicted molar refractivity (Wildman–Crippen MR) is 150 cm³/mol. The van der Waals surface area contributed by atoms with E-state index in [-0.39, 0.29) is 17.2 Å². The van der Waals surface area contributed by atoms with Gasteiger partial charge in [-0.05, 0) is 77.8 Å². The van der Waals surface area contributed by atoms with E-state index >= 15 is 0 Å². The van der Waals surface area contributed by atoms with Crippen molar-refractivity contribution in [3.8, 4) is 16.2 Å². The third-order valence-electron chi connectivity index (χ3n) is 6.09. The van der Waals surface area contributed by atoms with Crippen LogP contribution in [0, 0.1) is 13.8 Å². The van der Waals surface area contributed by atoms with Crippen LogP contribution >= 0.6 is 23.1 Å². The Bertz CT molecular complexity index is 1320. The Labute approximate surface area is 226 Å². The molecule has 1 amide bonds. The fraction of sp³-hybridized carbons (Fsp3) is 0.357. The molecule has 2 heterocycles. The van der Waals surface area contributed by atoms with Crippen LogP contribution in [0.1, 0.15) is 66.8 Å². The molecule has 37 heavy (non-hydrogen) atoms. The number of H-pyrrole nitrogens is 1. The molecule has 2 aromatic heterocycles. The first-order valence-corrected chi connectivity index (χ1v) is 14.0. The van der Waals surface area contributed by atoms with Gasteiger partial charge in [-0.1, -0.05) is 57.2 Å². The maximum Gasteiger partial charge on any atom is 0.413 e. The second kappa shape index (κ2) is 11.5. The highest BCUT2D eigenvalue weighted by Gasteiger charge is 2.18. The molecule has 1 atom stereocenters. The van der Waals surface area contributed by atoms with Gasteiger partial charge in [0.15, 0.2) is 10.9 Å². The minimum Gasteiger partial charge on any atom is -0.399 e. The number of aromatic amines is 1. The molecule has 9 heteroatoms. The molecule has 0 spiro atoms. The molecule has 0 aliphatic rings. The standard InChI is InChI=1S/C28H33N5O2S2/c1-7-22(23-12-13-25(37-23)35-27(34)29-16-24-30-32-33-31-24)36-21-14-17(2)26(18(3)15-21)19-8-10-20(11-9-19)28(4,5)6/h8-15,22H,7,16H2,1-6H3,(H,29,34)(H,30,31,32,33). The number of ether oxygens (including phenoxy) is 1. The van der Waals surface area contributed by atoms with E-state index in [4.69, 9.17) is 4.74 Å². The number of carbonyl (C=O) groups excluding carboxylic acids is 1. The molecule has 4 aromatic rings. The SMILES string of the molecule is CCC(Sc1cc(C)c(-c2ccc(C(C)(C)C)cc2)c(C)c1)c1ccc(OC(=O)NCc2nn[nH]n2)s1. The average molecular weight is 536 g/mol. The summed E-state index contributed by atoms with van der Waals surface area (Å²) >= 11 is 3.34. The molecule has 0 bridgehead atoms. The molecule has 0 fully saturated rings.